The van der Waals surface area contributed by atoms with Crippen LogP contribution >= 0.6 is 0 Å². The van der Waals surface area contributed by atoms with E-state index < -0.39 is 58.8 Å². The van der Waals surface area contributed by atoms with Crippen LogP contribution in [0.4, 0.5) is 44.2 Å². The van der Waals surface area contributed by atoms with Crippen LogP contribution < -0.4 is 25.6 Å². The molecule has 1 aromatic heterocycles. The van der Waals surface area contributed by atoms with E-state index in [0.717, 1.165) is 18.2 Å². The Morgan fingerprint density at radius 3 is 2.42 bits per heavy atom. The van der Waals surface area contributed by atoms with Gasteiger partial charge in [0.15, 0.2) is 11.6 Å². The van der Waals surface area contributed by atoms with Crippen LogP contribution in [0.3, 0.4) is 0 Å². The SMILES string of the molecule is Cc1ccc(C(=O)NC(C)C)c(OC(=O)C(F)(F)F)c1-c1nc(NCCN2CCOCC2)nc2c1CNC(=O)N2c1c(F)cccc1F. The third-order valence-corrected chi connectivity index (χ3v) is 7.49. The highest BCUT2D eigenvalue weighted by molar-refractivity contribution is 6.04. The number of aromatic nitrogens is 2. The van der Waals surface area contributed by atoms with E-state index in [1.807, 2.05) is 0 Å². The largest absolute Gasteiger partial charge is 0.491 e. The maximum absolute atomic E-state index is 15.1. The molecule has 48 heavy (non-hydrogen) atoms. The Labute approximate surface area is 271 Å². The summed E-state index contributed by atoms with van der Waals surface area (Å²) in [5.41, 5.74) is -1.29. The normalized spacial score (nSPS) is 15.2. The fraction of sp³-hybridized carbons (Fsp3) is 0.387. The zero-order chi connectivity index (χ0) is 34.7. The fourth-order valence-corrected chi connectivity index (χ4v) is 5.26. The van der Waals surface area contributed by atoms with Gasteiger partial charge >= 0.3 is 18.2 Å². The molecule has 3 heterocycles. The molecule has 1 saturated heterocycles. The number of esters is 1. The molecule has 17 heteroatoms. The number of fused-ring (bicyclic) bond motifs is 1. The second-order valence-electron chi connectivity index (χ2n) is 11.3. The summed E-state index contributed by atoms with van der Waals surface area (Å²) in [6, 6.07) is 4.24. The number of nitrogens with zero attached hydrogens (tertiary/aromatic N) is 4. The highest BCUT2D eigenvalue weighted by Crippen LogP contribution is 2.43. The Morgan fingerprint density at radius 2 is 1.77 bits per heavy atom. The number of hydrogen-bond acceptors (Lipinski definition) is 9. The number of ether oxygens (including phenoxy) is 2. The number of halogens is 5. The van der Waals surface area contributed by atoms with Crippen molar-refractivity contribution in [1.82, 2.24) is 25.5 Å². The molecular formula is C31H32F5N7O5. The third kappa shape index (κ3) is 7.31. The summed E-state index contributed by atoms with van der Waals surface area (Å²) in [6.45, 7) is 7.57. The third-order valence-electron chi connectivity index (χ3n) is 7.49. The van der Waals surface area contributed by atoms with Crippen LogP contribution in [0, 0.1) is 18.6 Å². The zero-order valence-electron chi connectivity index (χ0n) is 26.1. The number of para-hydroxylation sites is 1. The molecule has 0 saturated carbocycles. The van der Waals surface area contributed by atoms with Crippen molar-refractivity contribution in [1.29, 1.82) is 0 Å². The van der Waals surface area contributed by atoms with Crippen molar-refractivity contribution < 1.29 is 45.8 Å². The van der Waals surface area contributed by atoms with Crippen LogP contribution in [-0.4, -0.2) is 84.4 Å². The lowest BCUT2D eigenvalue weighted by atomic mass is 9.95. The van der Waals surface area contributed by atoms with E-state index in [1.54, 1.807) is 13.8 Å². The van der Waals surface area contributed by atoms with E-state index in [2.05, 4.69) is 30.8 Å². The van der Waals surface area contributed by atoms with Crippen LogP contribution in [0.1, 0.15) is 35.3 Å². The molecule has 0 spiro atoms. The lowest BCUT2D eigenvalue weighted by molar-refractivity contribution is -0.189. The fourth-order valence-electron chi connectivity index (χ4n) is 5.26. The van der Waals surface area contributed by atoms with Crippen LogP contribution in [0.5, 0.6) is 5.75 Å². The van der Waals surface area contributed by atoms with Gasteiger partial charge in [-0.2, -0.15) is 18.2 Å². The van der Waals surface area contributed by atoms with E-state index in [9.17, 15) is 27.6 Å². The van der Waals surface area contributed by atoms with E-state index in [4.69, 9.17) is 9.47 Å². The first-order valence-corrected chi connectivity index (χ1v) is 15.0. The first kappa shape index (κ1) is 34.4. The number of urea groups is 1. The van der Waals surface area contributed by atoms with Gasteiger partial charge in [0.25, 0.3) is 5.91 Å². The summed E-state index contributed by atoms with van der Waals surface area (Å²) in [4.78, 5) is 50.4. The molecule has 1 fully saturated rings. The summed E-state index contributed by atoms with van der Waals surface area (Å²) in [7, 11) is 0. The number of carbonyl (C=O) groups is 3. The number of aryl methyl sites for hydroxylation is 1. The number of rotatable bonds is 9. The molecule has 2 aromatic carbocycles. The molecule has 2 aliphatic rings. The molecule has 3 aromatic rings. The molecule has 12 nitrogen and oxygen atoms in total. The maximum atomic E-state index is 15.1. The lowest BCUT2D eigenvalue weighted by Crippen LogP contribution is -2.43. The Kier molecular flexibility index (Phi) is 10.1. The van der Waals surface area contributed by atoms with Gasteiger partial charge in [0.2, 0.25) is 5.95 Å². The van der Waals surface area contributed by atoms with Crippen molar-refractivity contribution in [3.63, 3.8) is 0 Å². The van der Waals surface area contributed by atoms with Crippen LogP contribution in [0.25, 0.3) is 11.3 Å². The van der Waals surface area contributed by atoms with Crippen molar-refractivity contribution in [2.45, 2.75) is 39.5 Å². The van der Waals surface area contributed by atoms with Gasteiger partial charge in [-0.05, 0) is 44.5 Å². The quantitative estimate of drug-likeness (QED) is 0.171. The first-order valence-electron chi connectivity index (χ1n) is 15.0. The molecule has 2 aliphatic heterocycles. The average molecular weight is 678 g/mol. The minimum absolute atomic E-state index is 0.0183. The Balaban J connectivity index is 1.73. The van der Waals surface area contributed by atoms with Crippen molar-refractivity contribution in [2.24, 2.45) is 0 Å². The minimum Gasteiger partial charge on any atom is -0.418 e. The summed E-state index contributed by atoms with van der Waals surface area (Å²) in [5.74, 6) is -6.82. The van der Waals surface area contributed by atoms with Gasteiger partial charge in [-0.25, -0.2) is 28.3 Å². The number of anilines is 3. The van der Waals surface area contributed by atoms with Crippen molar-refractivity contribution >= 4 is 35.4 Å². The summed E-state index contributed by atoms with van der Waals surface area (Å²) in [5, 5.41) is 8.08. The van der Waals surface area contributed by atoms with Gasteiger partial charge < -0.3 is 25.4 Å². The summed E-state index contributed by atoms with van der Waals surface area (Å²) >= 11 is 0. The highest BCUT2D eigenvalue weighted by atomic mass is 19.4. The standard InChI is InChI=1S/C31H32F5N7O5/c1-16(2)39-27(44)18-8-7-17(3)22(25(18)48-28(45)31(34,35)36)23-19-15-38-30(46)43(24-20(32)5-4-6-21(24)33)26(19)41-29(40-23)37-9-10-42-11-13-47-14-12-42/h4-8,16H,9-15H2,1-3H3,(H,38,46)(H,39,44)(H,37,40,41). The van der Waals surface area contributed by atoms with Crippen LogP contribution in [0.2, 0.25) is 0 Å². The number of nitrogens with one attached hydrogen (secondary N) is 3. The second kappa shape index (κ2) is 14.1. The van der Waals surface area contributed by atoms with Crippen LogP contribution in [0.15, 0.2) is 30.3 Å². The molecular weight excluding hydrogens is 645 g/mol. The second-order valence-corrected chi connectivity index (χ2v) is 11.3. The predicted octanol–water partition coefficient (Wildman–Crippen LogP) is 4.44. The van der Waals surface area contributed by atoms with Gasteiger partial charge in [0.1, 0.15) is 17.3 Å². The van der Waals surface area contributed by atoms with Crippen LogP contribution in [-0.2, 0) is 16.1 Å². The summed E-state index contributed by atoms with van der Waals surface area (Å²) in [6.07, 6.45) is -5.43. The number of benzene rings is 2. The first-order chi connectivity index (χ1) is 22.8. The number of alkyl halides is 3. The molecule has 0 radical (unpaired) electrons. The lowest BCUT2D eigenvalue weighted by Gasteiger charge is -2.31. The number of carbonyl (C=O) groups excluding carboxylic acids is 3. The highest BCUT2D eigenvalue weighted by Gasteiger charge is 2.43. The van der Waals surface area contributed by atoms with Crippen molar-refractivity contribution in [2.75, 3.05) is 49.6 Å². The average Bonchev–Trinajstić information content (AvgIpc) is 3.01. The molecule has 0 aliphatic carbocycles. The number of morpholine rings is 1. The molecule has 3 N–H and O–H groups in total. The molecule has 0 bridgehead atoms. The Hall–Kier alpha value is -4.90. The molecule has 256 valence electrons. The van der Waals surface area contributed by atoms with Gasteiger partial charge in [-0.15, -0.1) is 0 Å². The van der Waals surface area contributed by atoms with Crippen molar-refractivity contribution in [3.05, 3.63) is 58.7 Å². The predicted molar refractivity (Wildman–Crippen MR) is 163 cm³/mol. The van der Waals surface area contributed by atoms with Gasteiger partial charge in [0, 0.05) is 43.3 Å². The zero-order valence-corrected chi connectivity index (χ0v) is 26.1. The van der Waals surface area contributed by atoms with Crippen molar-refractivity contribution in [3.8, 4) is 17.0 Å². The van der Waals surface area contributed by atoms with Gasteiger partial charge in [0.05, 0.1) is 31.0 Å². The molecule has 5 rings (SSSR count). The monoisotopic (exact) mass is 677 g/mol. The number of hydrogen-bond donors (Lipinski definition) is 3. The molecule has 3 amide bonds. The Morgan fingerprint density at radius 1 is 1.08 bits per heavy atom. The van der Waals surface area contributed by atoms with E-state index in [-0.39, 0.29) is 47.2 Å². The smallest absolute Gasteiger partial charge is 0.418 e. The van der Waals surface area contributed by atoms with E-state index in [0.29, 0.717) is 37.7 Å². The van der Waals surface area contributed by atoms with Gasteiger partial charge in [-0.3, -0.25) is 9.69 Å². The molecule has 0 atom stereocenters. The number of amides is 3. The van der Waals surface area contributed by atoms with E-state index >= 15 is 8.78 Å². The maximum Gasteiger partial charge on any atom is 0.491 e. The summed E-state index contributed by atoms with van der Waals surface area (Å²) < 4.78 is 81.2. The van der Waals surface area contributed by atoms with E-state index in [1.165, 1.54) is 19.1 Å². The van der Waals surface area contributed by atoms with Gasteiger partial charge in [-0.1, -0.05) is 12.1 Å². The Bertz CT molecular complexity index is 1710. The topological polar surface area (TPSA) is 138 Å². The molecule has 0 unspecified atom stereocenters. The minimum atomic E-state index is -5.43.